The highest BCUT2D eigenvalue weighted by Gasteiger charge is 2.40. The van der Waals surface area contributed by atoms with Crippen LogP contribution in [-0.2, 0) is 9.59 Å². The minimum absolute atomic E-state index is 0.0990. The average molecular weight is 382 g/mol. The molecule has 0 aliphatic carbocycles. The van der Waals surface area contributed by atoms with E-state index in [2.05, 4.69) is 5.32 Å². The molecule has 0 radical (unpaired) electrons. The van der Waals surface area contributed by atoms with Gasteiger partial charge >= 0.3 is 0 Å². The van der Waals surface area contributed by atoms with E-state index in [1.807, 2.05) is 0 Å². The SMILES string of the molecule is NCC(=O)N1CCN2C(=O)c3cc(-c4ccccc4F)ccc3NC(=O)C2C1. The van der Waals surface area contributed by atoms with Crippen LogP contribution >= 0.6 is 0 Å². The molecule has 2 aliphatic heterocycles. The number of benzene rings is 2. The Hall–Kier alpha value is -3.26. The molecule has 8 heteroatoms. The van der Waals surface area contributed by atoms with E-state index in [4.69, 9.17) is 5.73 Å². The van der Waals surface area contributed by atoms with Gasteiger partial charge in [-0.25, -0.2) is 4.39 Å². The van der Waals surface area contributed by atoms with Gasteiger partial charge in [-0.3, -0.25) is 14.4 Å². The van der Waals surface area contributed by atoms with Crippen LogP contribution in [0.25, 0.3) is 11.1 Å². The summed E-state index contributed by atoms with van der Waals surface area (Å²) < 4.78 is 14.2. The van der Waals surface area contributed by atoms with Crippen LogP contribution in [0, 0.1) is 5.82 Å². The molecule has 28 heavy (non-hydrogen) atoms. The standard InChI is InChI=1S/C20H19FN4O3/c21-15-4-2-1-3-13(15)12-5-6-16-14(9-12)20(28)25-8-7-24(18(26)10-22)11-17(25)19(27)23-16/h1-6,9,17H,7-8,10-11,22H2,(H,23,27). The van der Waals surface area contributed by atoms with E-state index in [0.29, 0.717) is 28.9 Å². The van der Waals surface area contributed by atoms with Crippen LogP contribution in [0.15, 0.2) is 42.5 Å². The molecule has 2 aromatic carbocycles. The normalized spacial score (nSPS) is 18.9. The number of amides is 3. The summed E-state index contributed by atoms with van der Waals surface area (Å²) in [7, 11) is 0. The van der Waals surface area contributed by atoms with Gasteiger partial charge in [0.25, 0.3) is 5.91 Å². The van der Waals surface area contributed by atoms with Gasteiger partial charge in [0.1, 0.15) is 11.9 Å². The maximum Gasteiger partial charge on any atom is 0.256 e. The van der Waals surface area contributed by atoms with Gasteiger partial charge in [-0.1, -0.05) is 24.3 Å². The van der Waals surface area contributed by atoms with Crippen molar-refractivity contribution in [3.8, 4) is 11.1 Å². The fourth-order valence-corrected chi connectivity index (χ4v) is 3.67. The molecule has 2 aromatic rings. The number of nitrogens with zero attached hydrogens (tertiary/aromatic N) is 2. The van der Waals surface area contributed by atoms with E-state index in [-0.39, 0.29) is 43.2 Å². The number of fused-ring (bicyclic) bond motifs is 2. The summed E-state index contributed by atoms with van der Waals surface area (Å²) in [5.41, 5.74) is 7.02. The van der Waals surface area contributed by atoms with Gasteiger partial charge in [0.15, 0.2) is 0 Å². The molecule has 0 aromatic heterocycles. The third-order valence-electron chi connectivity index (χ3n) is 5.16. The largest absolute Gasteiger partial charge is 0.337 e. The third kappa shape index (κ3) is 3.01. The Morgan fingerprint density at radius 1 is 1.14 bits per heavy atom. The number of carbonyl (C=O) groups is 3. The molecule has 0 saturated carbocycles. The molecule has 3 amide bonds. The Balaban J connectivity index is 1.70. The number of hydrogen-bond acceptors (Lipinski definition) is 4. The number of carbonyl (C=O) groups excluding carboxylic acids is 3. The van der Waals surface area contributed by atoms with Crippen LogP contribution in [-0.4, -0.2) is 59.7 Å². The smallest absolute Gasteiger partial charge is 0.256 e. The van der Waals surface area contributed by atoms with Gasteiger partial charge < -0.3 is 20.9 Å². The van der Waals surface area contributed by atoms with Crippen LogP contribution in [0.1, 0.15) is 10.4 Å². The summed E-state index contributed by atoms with van der Waals surface area (Å²) >= 11 is 0. The van der Waals surface area contributed by atoms with Crippen molar-refractivity contribution in [3.05, 3.63) is 53.8 Å². The van der Waals surface area contributed by atoms with E-state index in [9.17, 15) is 18.8 Å². The molecule has 7 nitrogen and oxygen atoms in total. The molecule has 4 rings (SSSR count). The minimum atomic E-state index is -0.791. The quantitative estimate of drug-likeness (QED) is 0.812. The van der Waals surface area contributed by atoms with Gasteiger partial charge in [-0.05, 0) is 23.8 Å². The fraction of sp³-hybridized carbons (Fsp3) is 0.250. The highest BCUT2D eigenvalue weighted by Crippen LogP contribution is 2.31. The molecule has 0 spiro atoms. The number of halogens is 1. The second-order valence-corrected chi connectivity index (χ2v) is 6.79. The molecule has 2 aliphatic rings. The molecular weight excluding hydrogens is 363 g/mol. The number of anilines is 1. The lowest BCUT2D eigenvalue weighted by molar-refractivity contribution is -0.134. The number of nitrogens with one attached hydrogen (secondary N) is 1. The summed E-state index contributed by atoms with van der Waals surface area (Å²) in [4.78, 5) is 40.7. The van der Waals surface area contributed by atoms with Crippen molar-refractivity contribution in [2.24, 2.45) is 5.73 Å². The molecule has 1 fully saturated rings. The van der Waals surface area contributed by atoms with Crippen molar-refractivity contribution in [2.75, 3.05) is 31.5 Å². The van der Waals surface area contributed by atoms with Crippen LogP contribution in [0.2, 0.25) is 0 Å². The number of piperazine rings is 1. The van der Waals surface area contributed by atoms with Crippen LogP contribution in [0.4, 0.5) is 10.1 Å². The van der Waals surface area contributed by atoms with Crippen LogP contribution < -0.4 is 11.1 Å². The number of hydrogen-bond donors (Lipinski definition) is 2. The van der Waals surface area contributed by atoms with Crippen LogP contribution in [0.5, 0.6) is 0 Å². The maximum atomic E-state index is 14.2. The van der Waals surface area contributed by atoms with E-state index < -0.39 is 6.04 Å². The Morgan fingerprint density at radius 2 is 1.93 bits per heavy atom. The summed E-state index contributed by atoms with van der Waals surface area (Å²) in [5, 5.41) is 2.76. The molecular formula is C20H19FN4O3. The minimum Gasteiger partial charge on any atom is -0.337 e. The van der Waals surface area contributed by atoms with Gasteiger partial charge in [0.2, 0.25) is 11.8 Å². The van der Waals surface area contributed by atoms with Gasteiger partial charge in [-0.2, -0.15) is 0 Å². The number of rotatable bonds is 2. The fourth-order valence-electron chi connectivity index (χ4n) is 3.67. The Bertz CT molecular complexity index is 978. The Kier molecular flexibility index (Phi) is 4.56. The van der Waals surface area contributed by atoms with Crippen molar-refractivity contribution in [2.45, 2.75) is 6.04 Å². The molecule has 2 heterocycles. The van der Waals surface area contributed by atoms with Gasteiger partial charge in [-0.15, -0.1) is 0 Å². The second kappa shape index (κ2) is 7.05. The van der Waals surface area contributed by atoms with Crippen molar-refractivity contribution in [1.29, 1.82) is 0 Å². The van der Waals surface area contributed by atoms with E-state index in [0.717, 1.165) is 0 Å². The third-order valence-corrected chi connectivity index (χ3v) is 5.16. The van der Waals surface area contributed by atoms with Crippen LogP contribution in [0.3, 0.4) is 0 Å². The van der Waals surface area contributed by atoms with Gasteiger partial charge in [0, 0.05) is 18.7 Å². The van der Waals surface area contributed by atoms with E-state index >= 15 is 0 Å². The molecule has 1 atom stereocenters. The zero-order valence-corrected chi connectivity index (χ0v) is 15.0. The molecule has 144 valence electrons. The molecule has 1 unspecified atom stereocenters. The molecule has 0 bridgehead atoms. The first-order valence-corrected chi connectivity index (χ1v) is 8.98. The lowest BCUT2D eigenvalue weighted by atomic mass is 10.0. The van der Waals surface area contributed by atoms with Gasteiger partial charge in [0.05, 0.1) is 24.3 Å². The first kappa shape index (κ1) is 18.1. The topological polar surface area (TPSA) is 95.7 Å². The second-order valence-electron chi connectivity index (χ2n) is 6.79. The summed E-state index contributed by atoms with van der Waals surface area (Å²) in [5.74, 6) is -1.33. The lowest BCUT2D eigenvalue weighted by Gasteiger charge is -2.39. The van der Waals surface area contributed by atoms with Crippen molar-refractivity contribution < 1.29 is 18.8 Å². The zero-order valence-electron chi connectivity index (χ0n) is 15.0. The summed E-state index contributed by atoms with van der Waals surface area (Å²) in [6.45, 7) is 0.496. The monoisotopic (exact) mass is 382 g/mol. The lowest BCUT2D eigenvalue weighted by Crippen LogP contribution is -2.60. The van der Waals surface area contributed by atoms with Crippen molar-refractivity contribution in [1.82, 2.24) is 9.80 Å². The highest BCUT2D eigenvalue weighted by molar-refractivity contribution is 6.10. The summed E-state index contributed by atoms with van der Waals surface area (Å²) in [6.07, 6.45) is 0. The Labute approximate surface area is 160 Å². The predicted molar refractivity (Wildman–Crippen MR) is 101 cm³/mol. The summed E-state index contributed by atoms with van der Waals surface area (Å²) in [6, 6.07) is 10.4. The first-order valence-electron chi connectivity index (χ1n) is 8.98. The molecule has 3 N–H and O–H groups in total. The zero-order chi connectivity index (χ0) is 19.8. The van der Waals surface area contributed by atoms with E-state index in [1.165, 1.54) is 15.9 Å². The molecule has 1 saturated heterocycles. The number of nitrogens with two attached hydrogens (primary N) is 1. The predicted octanol–water partition coefficient (Wildman–Crippen LogP) is 1.06. The van der Waals surface area contributed by atoms with Crippen molar-refractivity contribution in [3.63, 3.8) is 0 Å². The van der Waals surface area contributed by atoms with Crippen molar-refractivity contribution >= 4 is 23.4 Å². The average Bonchev–Trinajstić information content (AvgIpc) is 2.82. The first-order chi connectivity index (χ1) is 13.5. The maximum absolute atomic E-state index is 14.2. The van der Waals surface area contributed by atoms with E-state index in [1.54, 1.807) is 36.4 Å². The Morgan fingerprint density at radius 3 is 2.68 bits per heavy atom. The highest BCUT2D eigenvalue weighted by atomic mass is 19.1.